The number of hydrogen-bond acceptors (Lipinski definition) is 1. The molecule has 0 amide bonds. The lowest BCUT2D eigenvalue weighted by Gasteiger charge is -2.10. The van der Waals surface area contributed by atoms with Crippen molar-refractivity contribution in [2.45, 2.75) is 13.3 Å². The first kappa shape index (κ1) is 6.96. The summed E-state index contributed by atoms with van der Waals surface area (Å²) in [6.45, 7) is 8.14. The van der Waals surface area contributed by atoms with Crippen molar-refractivity contribution in [3.63, 3.8) is 0 Å². The van der Waals surface area contributed by atoms with Crippen LogP contribution in [0.1, 0.15) is 13.3 Å². The minimum Gasteiger partial charge on any atom is -0.307 e. The zero-order valence-corrected chi connectivity index (χ0v) is 5.28. The summed E-state index contributed by atoms with van der Waals surface area (Å²) >= 11 is 0. The van der Waals surface area contributed by atoms with Gasteiger partial charge in [-0.1, -0.05) is 13.8 Å². The van der Waals surface area contributed by atoms with Gasteiger partial charge >= 0.3 is 0 Å². The first-order chi connectivity index (χ1) is 3.31. The smallest absolute Gasteiger partial charge is 0.00219 e. The molecular formula is C6H14N. The molecule has 7 heavy (non-hydrogen) atoms. The average Bonchev–Trinajstić information content (AvgIpc) is 1.68. The monoisotopic (exact) mass is 100 g/mol. The van der Waals surface area contributed by atoms with E-state index < -0.39 is 0 Å². The SMILES string of the molecule is [CH2]CCN(C)CC. The highest BCUT2D eigenvalue weighted by Crippen LogP contribution is 1.81. The average molecular weight is 100 g/mol. The fourth-order valence-corrected chi connectivity index (χ4v) is 0.428. The lowest BCUT2D eigenvalue weighted by atomic mass is 10.4. The van der Waals surface area contributed by atoms with Gasteiger partial charge in [0.25, 0.3) is 0 Å². The molecule has 43 valence electrons. The molecule has 0 aliphatic heterocycles. The summed E-state index contributed by atoms with van der Waals surface area (Å²) in [6.07, 6.45) is 1.02. The van der Waals surface area contributed by atoms with Gasteiger partial charge in [0.2, 0.25) is 0 Å². The van der Waals surface area contributed by atoms with Gasteiger partial charge in [-0.05, 0) is 26.6 Å². The van der Waals surface area contributed by atoms with Crippen LogP contribution in [0.25, 0.3) is 0 Å². The van der Waals surface area contributed by atoms with Crippen LogP contribution in [0.3, 0.4) is 0 Å². The van der Waals surface area contributed by atoms with Crippen LogP contribution in [0.5, 0.6) is 0 Å². The second-order valence-electron chi connectivity index (χ2n) is 1.75. The molecule has 1 radical (unpaired) electrons. The maximum absolute atomic E-state index is 3.73. The van der Waals surface area contributed by atoms with E-state index in [1.165, 1.54) is 0 Å². The second kappa shape index (κ2) is 4.13. The molecule has 0 fully saturated rings. The molecule has 0 saturated heterocycles. The van der Waals surface area contributed by atoms with Crippen molar-refractivity contribution in [2.24, 2.45) is 0 Å². The summed E-state index contributed by atoms with van der Waals surface area (Å²) in [4.78, 5) is 2.24. The third-order valence-electron chi connectivity index (χ3n) is 1.08. The lowest BCUT2D eigenvalue weighted by Crippen LogP contribution is -2.17. The van der Waals surface area contributed by atoms with Gasteiger partial charge in [0.1, 0.15) is 0 Å². The Morgan fingerprint density at radius 1 is 1.57 bits per heavy atom. The molecule has 0 saturated carbocycles. The third-order valence-corrected chi connectivity index (χ3v) is 1.08. The fourth-order valence-electron chi connectivity index (χ4n) is 0.428. The van der Waals surface area contributed by atoms with E-state index in [4.69, 9.17) is 0 Å². The van der Waals surface area contributed by atoms with E-state index in [9.17, 15) is 0 Å². The molecule has 0 bridgehead atoms. The minimum absolute atomic E-state index is 1.02. The molecule has 0 N–H and O–H groups in total. The van der Waals surface area contributed by atoms with Gasteiger partial charge in [0.15, 0.2) is 0 Å². The molecule has 0 aliphatic carbocycles. The van der Waals surface area contributed by atoms with Crippen LogP contribution in [-0.4, -0.2) is 25.0 Å². The number of hydrogen-bond donors (Lipinski definition) is 0. The number of nitrogens with zero attached hydrogens (tertiary/aromatic N) is 1. The van der Waals surface area contributed by atoms with Gasteiger partial charge in [0, 0.05) is 0 Å². The van der Waals surface area contributed by atoms with Crippen molar-refractivity contribution in [1.82, 2.24) is 4.90 Å². The van der Waals surface area contributed by atoms with E-state index in [0.29, 0.717) is 0 Å². The van der Waals surface area contributed by atoms with Crippen LogP contribution in [0.15, 0.2) is 0 Å². The highest BCUT2D eigenvalue weighted by molar-refractivity contribution is 4.47. The zero-order chi connectivity index (χ0) is 5.70. The highest BCUT2D eigenvalue weighted by Gasteiger charge is 1.86. The summed E-state index contributed by atoms with van der Waals surface area (Å²) < 4.78 is 0. The Hall–Kier alpha value is -0.0400. The van der Waals surface area contributed by atoms with Crippen molar-refractivity contribution in [1.29, 1.82) is 0 Å². The zero-order valence-electron chi connectivity index (χ0n) is 5.28. The summed E-state index contributed by atoms with van der Waals surface area (Å²) in [6, 6.07) is 0. The molecule has 0 heterocycles. The largest absolute Gasteiger partial charge is 0.307 e. The molecule has 0 unspecified atom stereocenters. The van der Waals surface area contributed by atoms with Crippen LogP contribution in [-0.2, 0) is 0 Å². The fraction of sp³-hybridized carbons (Fsp3) is 0.833. The molecule has 0 aromatic heterocycles. The van der Waals surface area contributed by atoms with Gasteiger partial charge in [-0.2, -0.15) is 0 Å². The van der Waals surface area contributed by atoms with Crippen molar-refractivity contribution in [3.05, 3.63) is 6.92 Å². The van der Waals surface area contributed by atoms with Gasteiger partial charge in [-0.3, -0.25) is 0 Å². The predicted molar refractivity (Wildman–Crippen MR) is 33.1 cm³/mol. The van der Waals surface area contributed by atoms with Crippen molar-refractivity contribution >= 4 is 0 Å². The maximum atomic E-state index is 3.73. The normalized spacial score (nSPS) is 10.3. The Labute approximate surface area is 46.3 Å². The van der Waals surface area contributed by atoms with Crippen LogP contribution < -0.4 is 0 Å². The van der Waals surface area contributed by atoms with Crippen molar-refractivity contribution in [2.75, 3.05) is 20.1 Å². The Morgan fingerprint density at radius 2 is 2.14 bits per heavy atom. The topological polar surface area (TPSA) is 3.24 Å². The standard InChI is InChI=1S/C6H14N/c1-4-6-7(3)5-2/h1,4-6H2,2-3H3. The Balaban J connectivity index is 2.83. The first-order valence-corrected chi connectivity index (χ1v) is 2.79. The maximum Gasteiger partial charge on any atom is -0.00219 e. The quantitative estimate of drug-likeness (QED) is 0.514. The predicted octanol–water partition coefficient (Wildman–Crippen LogP) is 1.16. The Kier molecular flexibility index (Phi) is 4.10. The highest BCUT2D eigenvalue weighted by atomic mass is 15.1. The van der Waals surface area contributed by atoms with E-state index in [-0.39, 0.29) is 0 Å². The molecule has 0 rings (SSSR count). The molecule has 0 aliphatic rings. The van der Waals surface area contributed by atoms with Crippen LogP contribution in [0, 0.1) is 6.92 Å². The molecule has 1 nitrogen and oxygen atoms in total. The van der Waals surface area contributed by atoms with E-state index in [1.807, 2.05) is 0 Å². The number of rotatable bonds is 3. The molecular weight excluding hydrogens is 86.1 g/mol. The van der Waals surface area contributed by atoms with E-state index in [2.05, 4.69) is 25.8 Å². The van der Waals surface area contributed by atoms with Gasteiger partial charge in [0.05, 0.1) is 0 Å². The van der Waals surface area contributed by atoms with Crippen molar-refractivity contribution < 1.29 is 0 Å². The minimum atomic E-state index is 1.02. The summed E-state index contributed by atoms with van der Waals surface area (Å²) in [5.74, 6) is 0. The Bertz CT molecular complexity index is 35.2. The van der Waals surface area contributed by atoms with Crippen LogP contribution >= 0.6 is 0 Å². The van der Waals surface area contributed by atoms with Crippen molar-refractivity contribution in [3.8, 4) is 0 Å². The summed E-state index contributed by atoms with van der Waals surface area (Å²) in [7, 11) is 2.10. The third kappa shape index (κ3) is 3.80. The van der Waals surface area contributed by atoms with Gasteiger partial charge in [-0.25, -0.2) is 0 Å². The van der Waals surface area contributed by atoms with E-state index in [1.54, 1.807) is 0 Å². The molecule has 1 heteroatoms. The summed E-state index contributed by atoms with van der Waals surface area (Å²) in [5, 5.41) is 0. The first-order valence-electron chi connectivity index (χ1n) is 2.79. The Morgan fingerprint density at radius 3 is 2.29 bits per heavy atom. The molecule has 0 aromatic carbocycles. The molecule has 0 aromatic rings. The molecule has 0 atom stereocenters. The van der Waals surface area contributed by atoms with Crippen LogP contribution in [0.2, 0.25) is 0 Å². The van der Waals surface area contributed by atoms with Crippen LogP contribution in [0.4, 0.5) is 0 Å². The summed E-state index contributed by atoms with van der Waals surface area (Å²) in [5.41, 5.74) is 0. The molecule has 0 spiro atoms. The van der Waals surface area contributed by atoms with E-state index in [0.717, 1.165) is 19.5 Å². The second-order valence-corrected chi connectivity index (χ2v) is 1.75. The lowest BCUT2D eigenvalue weighted by molar-refractivity contribution is 0.360. The van der Waals surface area contributed by atoms with Gasteiger partial charge < -0.3 is 4.90 Å². The van der Waals surface area contributed by atoms with Gasteiger partial charge in [-0.15, -0.1) is 0 Å². The van der Waals surface area contributed by atoms with E-state index >= 15 is 0 Å².